The van der Waals surface area contributed by atoms with E-state index in [4.69, 9.17) is 4.74 Å². The second kappa shape index (κ2) is 7.77. The molecule has 3 atom stereocenters. The zero-order chi connectivity index (χ0) is 20.5. The van der Waals surface area contributed by atoms with Gasteiger partial charge in [0.15, 0.2) is 17.6 Å². The zero-order valence-electron chi connectivity index (χ0n) is 15.3. The van der Waals surface area contributed by atoms with Crippen LogP contribution in [-0.4, -0.2) is 31.6 Å². The predicted octanol–water partition coefficient (Wildman–Crippen LogP) is 3.98. The zero-order valence-corrected chi connectivity index (χ0v) is 16.1. The van der Waals surface area contributed by atoms with Crippen molar-refractivity contribution in [3.05, 3.63) is 77.4 Å². The highest BCUT2D eigenvalue weighted by atomic mass is 32.2. The summed E-state index contributed by atoms with van der Waals surface area (Å²) in [5.74, 6) is -0.0547. The number of hydrogen-bond donors (Lipinski definition) is 5. The number of rotatable bonds is 4. The van der Waals surface area contributed by atoms with Crippen LogP contribution in [0.2, 0.25) is 0 Å². The highest BCUT2D eigenvalue weighted by Crippen LogP contribution is 2.53. The van der Waals surface area contributed by atoms with Crippen molar-refractivity contribution in [1.29, 1.82) is 0 Å². The van der Waals surface area contributed by atoms with Gasteiger partial charge in [-0.15, -0.1) is 11.8 Å². The minimum atomic E-state index is -1.05. The molecule has 0 spiro atoms. The van der Waals surface area contributed by atoms with Gasteiger partial charge in [0.1, 0.15) is 23.4 Å². The smallest absolute Gasteiger partial charge is 0.157 e. The first-order chi connectivity index (χ1) is 13.9. The molecular formula is C22H20O6S. The van der Waals surface area contributed by atoms with Crippen molar-refractivity contribution in [1.82, 2.24) is 0 Å². The molecule has 0 saturated carbocycles. The Kier molecular flexibility index (Phi) is 5.17. The van der Waals surface area contributed by atoms with E-state index in [1.807, 2.05) is 30.3 Å². The molecule has 0 aliphatic carbocycles. The number of ether oxygens (including phenoxy) is 1. The molecule has 0 aromatic heterocycles. The van der Waals surface area contributed by atoms with Crippen LogP contribution in [0.3, 0.4) is 0 Å². The van der Waals surface area contributed by atoms with Crippen molar-refractivity contribution in [2.75, 3.05) is 0 Å². The van der Waals surface area contributed by atoms with E-state index in [0.717, 1.165) is 5.56 Å². The minimum absolute atomic E-state index is 0.156. The van der Waals surface area contributed by atoms with Gasteiger partial charge in [0.25, 0.3) is 0 Å². The Hall–Kier alpha value is -3.03. The van der Waals surface area contributed by atoms with Crippen molar-refractivity contribution in [2.24, 2.45) is 0 Å². The highest BCUT2D eigenvalue weighted by Gasteiger charge is 2.40. The van der Waals surface area contributed by atoms with Crippen molar-refractivity contribution in [3.63, 3.8) is 0 Å². The molecular weight excluding hydrogens is 392 g/mol. The Labute approximate surface area is 171 Å². The number of hydrogen-bond acceptors (Lipinski definition) is 7. The lowest BCUT2D eigenvalue weighted by Gasteiger charge is -2.37. The lowest BCUT2D eigenvalue weighted by molar-refractivity contribution is 0.0174. The van der Waals surface area contributed by atoms with Crippen LogP contribution < -0.4 is 4.74 Å². The van der Waals surface area contributed by atoms with Gasteiger partial charge >= 0.3 is 0 Å². The SMILES string of the molecule is Oc1cc(O)c2c(c1)OC(c1ccc(O)c(O)c1)C(O)C2SCc1ccccc1. The van der Waals surface area contributed by atoms with E-state index in [1.54, 1.807) is 6.07 Å². The lowest BCUT2D eigenvalue weighted by Crippen LogP contribution is -2.33. The molecule has 3 aromatic rings. The number of benzene rings is 3. The third-order valence-electron chi connectivity index (χ3n) is 4.86. The number of fused-ring (bicyclic) bond motifs is 1. The molecule has 3 aromatic carbocycles. The standard InChI is InChI=1S/C22H20O6S/c23-14-9-17(26)19-18(10-14)28-21(13-6-7-15(24)16(25)8-13)20(27)22(19)29-11-12-4-2-1-3-5-12/h1-10,20-27H,11H2. The maximum absolute atomic E-state index is 11.1. The summed E-state index contributed by atoms with van der Waals surface area (Å²) in [5, 5.41) is 50.3. The second-order valence-corrected chi connectivity index (χ2v) is 8.00. The molecule has 150 valence electrons. The van der Waals surface area contributed by atoms with E-state index in [9.17, 15) is 25.5 Å². The summed E-state index contributed by atoms with van der Waals surface area (Å²) in [7, 11) is 0. The van der Waals surface area contributed by atoms with Gasteiger partial charge in [-0.05, 0) is 23.3 Å². The summed E-state index contributed by atoms with van der Waals surface area (Å²) in [4.78, 5) is 0. The number of aromatic hydroxyl groups is 4. The van der Waals surface area contributed by atoms with Gasteiger partial charge in [0.05, 0.1) is 10.8 Å². The van der Waals surface area contributed by atoms with Gasteiger partial charge in [-0.3, -0.25) is 0 Å². The second-order valence-electron chi connectivity index (χ2n) is 6.87. The fourth-order valence-electron chi connectivity index (χ4n) is 3.44. The molecule has 1 aliphatic rings. The Morgan fingerprint density at radius 3 is 2.31 bits per heavy atom. The molecule has 5 N–H and O–H groups in total. The lowest BCUT2D eigenvalue weighted by atomic mass is 9.93. The average Bonchev–Trinajstić information content (AvgIpc) is 2.70. The summed E-state index contributed by atoms with van der Waals surface area (Å²) in [6.45, 7) is 0. The predicted molar refractivity (Wildman–Crippen MR) is 109 cm³/mol. The molecule has 4 rings (SSSR count). The topological polar surface area (TPSA) is 110 Å². The Bertz CT molecular complexity index is 1020. The van der Waals surface area contributed by atoms with Crippen LogP contribution in [0.1, 0.15) is 28.0 Å². The fourth-order valence-corrected chi connectivity index (χ4v) is 4.75. The molecule has 0 fully saturated rings. The quantitative estimate of drug-likeness (QED) is 0.412. The van der Waals surface area contributed by atoms with Crippen molar-refractivity contribution < 1.29 is 30.3 Å². The Morgan fingerprint density at radius 2 is 1.59 bits per heavy atom. The van der Waals surface area contributed by atoms with Crippen LogP contribution in [0.15, 0.2) is 60.7 Å². The molecule has 0 bridgehead atoms. The first-order valence-corrected chi connectivity index (χ1v) is 10.1. The summed E-state index contributed by atoms with van der Waals surface area (Å²) in [5.41, 5.74) is 1.94. The van der Waals surface area contributed by atoms with Gasteiger partial charge < -0.3 is 30.3 Å². The molecule has 1 aliphatic heterocycles. The normalized spacial score (nSPS) is 20.7. The average molecular weight is 412 g/mol. The van der Waals surface area contributed by atoms with E-state index in [-0.39, 0.29) is 28.7 Å². The number of phenolic OH excluding ortho intramolecular Hbond substituents is 4. The van der Waals surface area contributed by atoms with Crippen LogP contribution in [0.5, 0.6) is 28.7 Å². The van der Waals surface area contributed by atoms with Crippen LogP contribution >= 0.6 is 11.8 Å². The van der Waals surface area contributed by atoms with Crippen molar-refractivity contribution in [2.45, 2.75) is 23.2 Å². The first-order valence-electron chi connectivity index (χ1n) is 9.02. The summed E-state index contributed by atoms with van der Waals surface area (Å²) >= 11 is 1.44. The van der Waals surface area contributed by atoms with Crippen LogP contribution in [0.25, 0.3) is 0 Å². The molecule has 0 amide bonds. The van der Waals surface area contributed by atoms with E-state index < -0.39 is 17.5 Å². The molecule has 1 heterocycles. The molecule has 3 unspecified atom stereocenters. The highest BCUT2D eigenvalue weighted by molar-refractivity contribution is 7.98. The summed E-state index contributed by atoms with van der Waals surface area (Å²) in [6.07, 6.45) is -1.90. The molecule has 29 heavy (non-hydrogen) atoms. The number of phenols is 4. The van der Waals surface area contributed by atoms with Gasteiger partial charge in [-0.1, -0.05) is 36.4 Å². The summed E-state index contributed by atoms with van der Waals surface area (Å²) < 4.78 is 5.89. The maximum atomic E-state index is 11.1. The van der Waals surface area contributed by atoms with E-state index in [0.29, 0.717) is 16.9 Å². The monoisotopic (exact) mass is 412 g/mol. The van der Waals surface area contributed by atoms with E-state index >= 15 is 0 Å². The fraction of sp³-hybridized carbons (Fsp3) is 0.182. The van der Waals surface area contributed by atoms with Crippen molar-refractivity contribution >= 4 is 11.8 Å². The number of thioether (sulfide) groups is 1. The molecule has 6 nitrogen and oxygen atoms in total. The number of aliphatic hydroxyl groups is 1. The Morgan fingerprint density at radius 1 is 0.828 bits per heavy atom. The maximum Gasteiger partial charge on any atom is 0.157 e. The van der Waals surface area contributed by atoms with E-state index in [2.05, 4.69) is 0 Å². The third kappa shape index (κ3) is 3.79. The van der Waals surface area contributed by atoms with Gasteiger partial charge in [0, 0.05) is 17.9 Å². The van der Waals surface area contributed by atoms with Gasteiger partial charge in [-0.25, -0.2) is 0 Å². The summed E-state index contributed by atoms with van der Waals surface area (Å²) in [6, 6.07) is 16.6. The van der Waals surface area contributed by atoms with Gasteiger partial charge in [-0.2, -0.15) is 0 Å². The van der Waals surface area contributed by atoms with Gasteiger partial charge in [0.2, 0.25) is 0 Å². The first kappa shape index (κ1) is 19.3. The molecule has 7 heteroatoms. The number of aliphatic hydroxyl groups excluding tert-OH is 1. The molecule has 0 saturated heterocycles. The van der Waals surface area contributed by atoms with Crippen molar-refractivity contribution in [3.8, 4) is 28.7 Å². The third-order valence-corrected chi connectivity index (χ3v) is 6.24. The minimum Gasteiger partial charge on any atom is -0.508 e. The van der Waals surface area contributed by atoms with Crippen LogP contribution in [-0.2, 0) is 5.75 Å². The molecule has 0 radical (unpaired) electrons. The van der Waals surface area contributed by atoms with E-state index in [1.165, 1.54) is 36.0 Å². The largest absolute Gasteiger partial charge is 0.508 e. The van der Waals surface area contributed by atoms with Crippen LogP contribution in [0, 0.1) is 0 Å². The Balaban J connectivity index is 1.72. The van der Waals surface area contributed by atoms with Crippen LogP contribution in [0.4, 0.5) is 0 Å².